The molecular weight excluding hydrogens is 340 g/mol. The molecule has 0 amide bonds. The number of anilines is 3. The van der Waals surface area contributed by atoms with Crippen molar-refractivity contribution < 1.29 is 4.74 Å². The molecule has 27 heavy (non-hydrogen) atoms. The number of ether oxygens (including phenoxy) is 1. The lowest BCUT2D eigenvalue weighted by Gasteiger charge is -2.14. The summed E-state index contributed by atoms with van der Waals surface area (Å²) in [5.74, 6) is 1.97. The summed E-state index contributed by atoms with van der Waals surface area (Å²) in [5.41, 5.74) is 2.37. The minimum atomic E-state index is 0.553. The van der Waals surface area contributed by atoms with Crippen LogP contribution in [0.2, 0.25) is 0 Å². The van der Waals surface area contributed by atoms with Crippen molar-refractivity contribution in [2.45, 2.75) is 0 Å². The van der Waals surface area contributed by atoms with Gasteiger partial charge in [0.05, 0.1) is 24.2 Å². The van der Waals surface area contributed by atoms with Crippen LogP contribution in [0, 0.1) is 0 Å². The molecule has 0 atom stereocenters. The van der Waals surface area contributed by atoms with Crippen LogP contribution < -0.4 is 15.4 Å². The van der Waals surface area contributed by atoms with Gasteiger partial charge in [-0.2, -0.15) is 4.98 Å². The normalized spacial score (nSPS) is 10.7. The number of nitrogens with one attached hydrogen (secondary N) is 2. The van der Waals surface area contributed by atoms with Gasteiger partial charge >= 0.3 is 0 Å². The molecule has 0 radical (unpaired) electrons. The molecule has 7 nitrogen and oxygen atoms in total. The molecule has 3 rings (SSSR count). The van der Waals surface area contributed by atoms with E-state index >= 15 is 0 Å². The van der Waals surface area contributed by atoms with E-state index in [1.54, 1.807) is 13.3 Å². The highest BCUT2D eigenvalue weighted by Gasteiger charge is 2.10. The van der Waals surface area contributed by atoms with Crippen LogP contribution >= 0.6 is 0 Å². The van der Waals surface area contributed by atoms with Crippen LogP contribution in [0.25, 0.3) is 11.4 Å². The van der Waals surface area contributed by atoms with Gasteiger partial charge in [0.25, 0.3) is 0 Å². The van der Waals surface area contributed by atoms with Gasteiger partial charge in [-0.3, -0.25) is 4.98 Å². The predicted octanol–water partition coefficient (Wildman–Crippen LogP) is 3.26. The van der Waals surface area contributed by atoms with Crippen LogP contribution in [0.15, 0.2) is 54.7 Å². The Balaban J connectivity index is 1.91. The minimum absolute atomic E-state index is 0.553. The average Bonchev–Trinajstić information content (AvgIpc) is 2.69. The summed E-state index contributed by atoms with van der Waals surface area (Å²) in [6.45, 7) is 1.62. The van der Waals surface area contributed by atoms with Crippen molar-refractivity contribution in [2.24, 2.45) is 0 Å². The Morgan fingerprint density at radius 3 is 2.56 bits per heavy atom. The van der Waals surface area contributed by atoms with Crippen molar-refractivity contribution in [1.82, 2.24) is 19.9 Å². The van der Waals surface area contributed by atoms with Crippen LogP contribution in [-0.2, 0) is 0 Å². The number of nitrogens with zero attached hydrogens (tertiary/aromatic N) is 4. The Morgan fingerprint density at radius 1 is 1.00 bits per heavy atom. The Labute approximate surface area is 159 Å². The van der Waals surface area contributed by atoms with Gasteiger partial charge in [0.1, 0.15) is 11.6 Å². The molecule has 2 heterocycles. The van der Waals surface area contributed by atoms with Gasteiger partial charge in [-0.15, -0.1) is 0 Å². The highest BCUT2D eigenvalue weighted by molar-refractivity contribution is 5.68. The molecule has 0 fully saturated rings. The molecule has 2 N–H and O–H groups in total. The van der Waals surface area contributed by atoms with Crippen molar-refractivity contribution in [3.05, 3.63) is 54.7 Å². The molecule has 0 aliphatic carbocycles. The number of aromatic nitrogens is 3. The highest BCUT2D eigenvalue weighted by Crippen LogP contribution is 2.28. The monoisotopic (exact) mass is 364 g/mol. The lowest BCUT2D eigenvalue weighted by Crippen LogP contribution is -2.21. The van der Waals surface area contributed by atoms with E-state index in [9.17, 15) is 0 Å². The maximum atomic E-state index is 5.41. The molecule has 1 aromatic carbocycles. The fourth-order valence-corrected chi connectivity index (χ4v) is 2.51. The van der Waals surface area contributed by atoms with Crippen molar-refractivity contribution >= 4 is 17.5 Å². The summed E-state index contributed by atoms with van der Waals surface area (Å²) in [6.07, 6.45) is 1.75. The van der Waals surface area contributed by atoms with E-state index in [4.69, 9.17) is 4.74 Å². The number of para-hydroxylation sites is 2. The third kappa shape index (κ3) is 5.15. The van der Waals surface area contributed by atoms with Crippen LogP contribution in [0.4, 0.5) is 17.5 Å². The molecule has 0 spiro atoms. The van der Waals surface area contributed by atoms with Crippen LogP contribution in [0.1, 0.15) is 0 Å². The first-order chi connectivity index (χ1) is 13.2. The van der Waals surface area contributed by atoms with E-state index in [1.807, 2.05) is 62.6 Å². The molecule has 3 aromatic rings. The van der Waals surface area contributed by atoms with Gasteiger partial charge in [-0.25, -0.2) is 4.98 Å². The number of hydrogen-bond donors (Lipinski definition) is 2. The molecule has 0 unspecified atom stereocenters. The molecule has 0 saturated heterocycles. The van der Waals surface area contributed by atoms with Gasteiger partial charge < -0.3 is 20.3 Å². The smallest absolute Gasteiger partial charge is 0.225 e. The van der Waals surface area contributed by atoms with Crippen LogP contribution in [0.3, 0.4) is 0 Å². The first-order valence-corrected chi connectivity index (χ1v) is 8.75. The topological polar surface area (TPSA) is 75.2 Å². The van der Waals surface area contributed by atoms with E-state index in [1.165, 1.54) is 0 Å². The van der Waals surface area contributed by atoms with Gasteiger partial charge in [-0.1, -0.05) is 18.2 Å². The SMILES string of the molecule is COc1ccccc1Nc1cc(-c2ccccn2)nc(NCCN(C)C)n1. The Morgan fingerprint density at radius 2 is 1.81 bits per heavy atom. The lowest BCUT2D eigenvalue weighted by atomic mass is 10.2. The number of rotatable bonds is 8. The van der Waals surface area contributed by atoms with Crippen molar-refractivity contribution in [1.29, 1.82) is 0 Å². The molecule has 7 heteroatoms. The summed E-state index contributed by atoms with van der Waals surface area (Å²) >= 11 is 0. The summed E-state index contributed by atoms with van der Waals surface area (Å²) < 4.78 is 5.41. The molecule has 0 aliphatic rings. The molecule has 0 aliphatic heterocycles. The standard InChI is InChI=1S/C20H24N6O/c1-26(2)13-12-22-20-24-17(15-8-6-7-11-21-15)14-19(25-20)23-16-9-4-5-10-18(16)27-3/h4-11,14H,12-13H2,1-3H3,(H2,22,23,24,25). The third-order valence-corrected chi connectivity index (χ3v) is 3.87. The fourth-order valence-electron chi connectivity index (χ4n) is 2.51. The maximum absolute atomic E-state index is 5.41. The zero-order valence-corrected chi connectivity index (χ0v) is 15.8. The van der Waals surface area contributed by atoms with Crippen LogP contribution in [0.5, 0.6) is 5.75 Å². The lowest BCUT2D eigenvalue weighted by molar-refractivity contribution is 0.417. The van der Waals surface area contributed by atoms with Crippen molar-refractivity contribution in [2.75, 3.05) is 44.9 Å². The highest BCUT2D eigenvalue weighted by atomic mass is 16.5. The second-order valence-corrected chi connectivity index (χ2v) is 6.23. The first kappa shape index (κ1) is 18.6. The number of benzene rings is 1. The second-order valence-electron chi connectivity index (χ2n) is 6.23. The van der Waals surface area contributed by atoms with Gasteiger partial charge in [0.2, 0.25) is 5.95 Å². The zero-order chi connectivity index (χ0) is 19.1. The molecular formula is C20H24N6O. The predicted molar refractivity (Wildman–Crippen MR) is 109 cm³/mol. The Hall–Kier alpha value is -3.19. The van der Waals surface area contributed by atoms with E-state index in [0.717, 1.165) is 35.9 Å². The first-order valence-electron chi connectivity index (χ1n) is 8.75. The van der Waals surface area contributed by atoms with E-state index in [2.05, 4.69) is 30.5 Å². The quantitative estimate of drug-likeness (QED) is 0.635. The zero-order valence-electron chi connectivity index (χ0n) is 15.8. The number of pyridine rings is 1. The van der Waals surface area contributed by atoms with E-state index in [0.29, 0.717) is 11.8 Å². The van der Waals surface area contributed by atoms with Gasteiger partial charge in [-0.05, 0) is 38.4 Å². The molecule has 0 saturated carbocycles. The molecule has 0 bridgehead atoms. The Bertz CT molecular complexity index is 869. The number of methoxy groups -OCH3 is 1. The van der Waals surface area contributed by atoms with E-state index in [-0.39, 0.29) is 0 Å². The van der Waals surface area contributed by atoms with Crippen molar-refractivity contribution in [3.8, 4) is 17.1 Å². The molecule has 140 valence electrons. The summed E-state index contributed by atoms with van der Waals surface area (Å²) in [7, 11) is 5.71. The summed E-state index contributed by atoms with van der Waals surface area (Å²) in [5, 5.41) is 6.60. The second kappa shape index (κ2) is 8.95. The summed E-state index contributed by atoms with van der Waals surface area (Å²) in [4.78, 5) is 15.7. The average molecular weight is 364 g/mol. The number of hydrogen-bond acceptors (Lipinski definition) is 7. The maximum Gasteiger partial charge on any atom is 0.225 e. The third-order valence-electron chi connectivity index (χ3n) is 3.87. The van der Waals surface area contributed by atoms with E-state index < -0.39 is 0 Å². The Kier molecular flexibility index (Phi) is 6.17. The number of likely N-dealkylation sites (N-methyl/N-ethyl adjacent to an activating group) is 1. The summed E-state index contributed by atoms with van der Waals surface area (Å²) in [6, 6.07) is 15.4. The van der Waals surface area contributed by atoms with Gasteiger partial charge in [0, 0.05) is 25.4 Å². The van der Waals surface area contributed by atoms with Gasteiger partial charge in [0.15, 0.2) is 0 Å². The fraction of sp³-hybridized carbons (Fsp3) is 0.250. The van der Waals surface area contributed by atoms with Crippen LogP contribution in [-0.4, -0.2) is 54.1 Å². The largest absolute Gasteiger partial charge is 0.495 e. The molecule has 2 aromatic heterocycles. The van der Waals surface area contributed by atoms with Crippen molar-refractivity contribution in [3.63, 3.8) is 0 Å². The minimum Gasteiger partial charge on any atom is -0.495 e.